The second-order valence-corrected chi connectivity index (χ2v) is 8.82. The van der Waals surface area contributed by atoms with Crippen LogP contribution in [0.1, 0.15) is 31.2 Å². The van der Waals surface area contributed by atoms with E-state index in [1.165, 1.54) is 0 Å². The Morgan fingerprint density at radius 2 is 1.45 bits per heavy atom. The second-order valence-electron chi connectivity index (χ2n) is 8.45. The van der Waals surface area contributed by atoms with E-state index in [4.69, 9.17) is 22.9 Å². The van der Waals surface area contributed by atoms with Gasteiger partial charge in [-0.05, 0) is 31.2 Å². The van der Waals surface area contributed by atoms with Crippen molar-refractivity contribution in [3.05, 3.63) is 35.9 Å². The van der Waals surface area contributed by atoms with Gasteiger partial charge in [0.15, 0.2) is 5.96 Å². The van der Waals surface area contributed by atoms with Crippen LogP contribution in [0.15, 0.2) is 35.3 Å². The second kappa shape index (κ2) is 16.8. The van der Waals surface area contributed by atoms with E-state index < -0.39 is 53.8 Å². The lowest BCUT2D eigenvalue weighted by molar-refractivity contribution is -0.142. The van der Waals surface area contributed by atoms with E-state index in [0.29, 0.717) is 6.42 Å². The molecule has 0 aromatic heterocycles. The largest absolute Gasteiger partial charge is 0.480 e. The number of nitrogens with zero attached hydrogens (tertiary/aromatic N) is 1. The molecule has 0 radical (unpaired) electrons. The molecule has 0 saturated heterocycles. The van der Waals surface area contributed by atoms with Gasteiger partial charge in [-0.25, -0.2) is 4.79 Å². The molecular weight excluding hydrogens is 516 g/mol. The summed E-state index contributed by atoms with van der Waals surface area (Å²) in [7, 11) is 0. The van der Waals surface area contributed by atoms with Crippen molar-refractivity contribution in [3.8, 4) is 0 Å². The molecule has 4 amide bonds. The number of carbonyl (C=O) groups is 5. The van der Waals surface area contributed by atoms with Gasteiger partial charge < -0.3 is 44.0 Å². The summed E-state index contributed by atoms with van der Waals surface area (Å²) in [6, 6.07) is 4.39. The number of hydrogen-bond acceptors (Lipinski definition) is 8. The molecule has 0 bridgehead atoms. The number of nitrogens with one attached hydrogen (secondary N) is 3. The van der Waals surface area contributed by atoms with Crippen molar-refractivity contribution in [1.82, 2.24) is 16.0 Å². The number of guanidine groups is 1. The number of carboxylic acid groups (broad SMARTS) is 1. The molecule has 1 rings (SSSR count). The number of aliphatic carboxylic acids is 1. The van der Waals surface area contributed by atoms with E-state index in [1.54, 1.807) is 0 Å². The van der Waals surface area contributed by atoms with Crippen LogP contribution in [-0.2, 0) is 30.4 Å². The Kier molecular flexibility index (Phi) is 14.2. The third kappa shape index (κ3) is 12.4. The molecule has 1 aromatic rings. The lowest BCUT2D eigenvalue weighted by Crippen LogP contribution is -2.57. The highest BCUT2D eigenvalue weighted by atomic mass is 32.1. The van der Waals surface area contributed by atoms with Gasteiger partial charge in [0.1, 0.15) is 18.1 Å². The number of carbonyl (C=O) groups excluding carboxylic acids is 4. The number of primary amides is 1. The number of amides is 4. The monoisotopic (exact) mass is 552 g/mol. The fraction of sp³-hybridized carbons (Fsp3) is 0.478. The number of aliphatic imine (C=N–C) groups is 1. The number of nitrogens with two attached hydrogens (primary N) is 4. The van der Waals surface area contributed by atoms with Crippen LogP contribution >= 0.6 is 12.6 Å². The normalized spacial score (nSPS) is 13.7. The Balaban J connectivity index is 2.91. The van der Waals surface area contributed by atoms with E-state index >= 15 is 0 Å². The van der Waals surface area contributed by atoms with Crippen molar-refractivity contribution >= 4 is 48.2 Å². The predicted octanol–water partition coefficient (Wildman–Crippen LogP) is -2.66. The minimum absolute atomic E-state index is 0.115. The Morgan fingerprint density at radius 1 is 0.868 bits per heavy atom. The predicted molar refractivity (Wildman–Crippen MR) is 144 cm³/mol. The molecule has 0 aliphatic heterocycles. The average molecular weight is 553 g/mol. The zero-order valence-corrected chi connectivity index (χ0v) is 21.7. The molecule has 0 spiro atoms. The summed E-state index contributed by atoms with van der Waals surface area (Å²) in [4.78, 5) is 64.7. The van der Waals surface area contributed by atoms with Crippen LogP contribution in [-0.4, -0.2) is 77.1 Å². The highest BCUT2D eigenvalue weighted by Gasteiger charge is 2.29. The number of benzene rings is 1. The molecule has 14 nitrogen and oxygen atoms in total. The molecule has 0 fully saturated rings. The first-order chi connectivity index (χ1) is 17.9. The van der Waals surface area contributed by atoms with E-state index in [0.717, 1.165) is 5.56 Å². The van der Waals surface area contributed by atoms with Crippen LogP contribution < -0.4 is 38.9 Å². The Bertz CT molecular complexity index is 989. The Hall–Kier alpha value is -3.85. The maximum Gasteiger partial charge on any atom is 0.326 e. The molecule has 0 heterocycles. The maximum atomic E-state index is 13.1. The van der Waals surface area contributed by atoms with Gasteiger partial charge in [0.05, 0.1) is 6.04 Å². The van der Waals surface area contributed by atoms with Crippen molar-refractivity contribution in [2.45, 2.75) is 56.3 Å². The number of rotatable bonds is 17. The molecular formula is C23H36N8O6S. The van der Waals surface area contributed by atoms with E-state index in [-0.39, 0.29) is 43.9 Å². The lowest BCUT2D eigenvalue weighted by atomic mass is 10.0. The molecule has 0 saturated carbocycles. The van der Waals surface area contributed by atoms with E-state index in [1.807, 2.05) is 30.3 Å². The zero-order chi connectivity index (χ0) is 28.7. The standard InChI is InChI=1S/C23H36N8O6S/c24-14(11-13-5-2-1-3-6-13)19(33)29-15(7-4-10-28-23(26)27)20(34)31-17(12-38)21(35)30-16(22(36)37)8-9-18(25)32/h1-3,5-6,14-17,38H,4,7-12,24H2,(H2,25,32)(H,29,33)(H,30,35)(H,31,34)(H,36,37)(H4,26,27,28). The van der Waals surface area contributed by atoms with Crippen LogP contribution in [0.4, 0.5) is 0 Å². The van der Waals surface area contributed by atoms with Crippen LogP contribution in [0.2, 0.25) is 0 Å². The van der Waals surface area contributed by atoms with Crippen molar-refractivity contribution in [3.63, 3.8) is 0 Å². The first-order valence-electron chi connectivity index (χ1n) is 11.8. The van der Waals surface area contributed by atoms with Gasteiger partial charge in [0.25, 0.3) is 0 Å². The lowest BCUT2D eigenvalue weighted by Gasteiger charge is -2.24. The molecule has 4 unspecified atom stereocenters. The zero-order valence-electron chi connectivity index (χ0n) is 20.8. The number of thiol groups is 1. The summed E-state index contributed by atoms with van der Waals surface area (Å²) < 4.78 is 0. The first-order valence-corrected chi connectivity index (χ1v) is 12.5. The SMILES string of the molecule is NC(=O)CCC(NC(=O)C(CS)NC(=O)C(CCCN=C(N)N)NC(=O)C(N)Cc1ccccc1)C(=O)O. The number of hydrogen-bond donors (Lipinski definition) is 9. The Morgan fingerprint density at radius 3 is 2.00 bits per heavy atom. The third-order valence-electron chi connectivity index (χ3n) is 5.32. The van der Waals surface area contributed by atoms with Crippen LogP contribution in [0.3, 0.4) is 0 Å². The van der Waals surface area contributed by atoms with Gasteiger partial charge >= 0.3 is 5.97 Å². The highest BCUT2D eigenvalue weighted by molar-refractivity contribution is 7.80. The summed E-state index contributed by atoms with van der Waals surface area (Å²) in [5, 5.41) is 16.6. The maximum absolute atomic E-state index is 13.1. The van der Waals surface area contributed by atoms with Crippen LogP contribution in [0, 0.1) is 0 Å². The van der Waals surface area contributed by atoms with Crippen LogP contribution in [0.5, 0.6) is 0 Å². The van der Waals surface area contributed by atoms with E-state index in [9.17, 15) is 29.1 Å². The average Bonchev–Trinajstić information content (AvgIpc) is 2.86. The first kappa shape index (κ1) is 32.2. The summed E-state index contributed by atoms with van der Waals surface area (Å²) >= 11 is 4.07. The molecule has 210 valence electrons. The molecule has 15 heteroatoms. The number of carboxylic acids is 1. The van der Waals surface area contributed by atoms with Gasteiger partial charge in [-0.15, -0.1) is 0 Å². The van der Waals surface area contributed by atoms with E-state index in [2.05, 4.69) is 33.6 Å². The highest BCUT2D eigenvalue weighted by Crippen LogP contribution is 2.05. The fourth-order valence-electron chi connectivity index (χ4n) is 3.29. The van der Waals surface area contributed by atoms with Gasteiger partial charge in [0.2, 0.25) is 23.6 Å². The van der Waals surface area contributed by atoms with Crippen molar-refractivity contribution in [1.29, 1.82) is 0 Å². The van der Waals surface area contributed by atoms with Gasteiger partial charge in [-0.2, -0.15) is 12.6 Å². The minimum Gasteiger partial charge on any atom is -0.480 e. The molecule has 38 heavy (non-hydrogen) atoms. The minimum atomic E-state index is -1.40. The summed E-state index contributed by atoms with van der Waals surface area (Å²) in [6.07, 6.45) is 0.174. The molecule has 12 N–H and O–H groups in total. The molecule has 0 aliphatic carbocycles. The smallest absolute Gasteiger partial charge is 0.326 e. The summed E-state index contributed by atoms with van der Waals surface area (Å²) in [5.41, 5.74) is 22.6. The summed E-state index contributed by atoms with van der Waals surface area (Å²) in [5.74, 6) is -4.54. The van der Waals surface area contributed by atoms with Gasteiger partial charge in [-0.3, -0.25) is 24.2 Å². The van der Waals surface area contributed by atoms with Crippen molar-refractivity contribution < 1.29 is 29.1 Å². The summed E-state index contributed by atoms with van der Waals surface area (Å²) in [6.45, 7) is 0.189. The molecule has 4 atom stereocenters. The molecule has 0 aliphatic rings. The fourth-order valence-corrected chi connectivity index (χ4v) is 3.55. The quantitative estimate of drug-likeness (QED) is 0.0422. The Labute approximate surface area is 225 Å². The van der Waals surface area contributed by atoms with Crippen molar-refractivity contribution in [2.24, 2.45) is 27.9 Å². The van der Waals surface area contributed by atoms with Gasteiger partial charge in [0, 0.05) is 18.7 Å². The van der Waals surface area contributed by atoms with Crippen molar-refractivity contribution in [2.75, 3.05) is 12.3 Å². The van der Waals surface area contributed by atoms with Gasteiger partial charge in [-0.1, -0.05) is 30.3 Å². The third-order valence-corrected chi connectivity index (χ3v) is 5.69. The molecule has 1 aromatic carbocycles. The topological polar surface area (TPSA) is 258 Å². The van der Waals surface area contributed by atoms with Crippen LogP contribution in [0.25, 0.3) is 0 Å².